The highest BCUT2D eigenvalue weighted by Crippen LogP contribution is 2.15. The van der Waals surface area contributed by atoms with Crippen LogP contribution in [-0.2, 0) is 16.1 Å². The van der Waals surface area contributed by atoms with Gasteiger partial charge in [-0.05, 0) is 39.0 Å². The Labute approximate surface area is 159 Å². The van der Waals surface area contributed by atoms with E-state index in [4.69, 9.17) is 4.74 Å². The number of hydrogen-bond donors (Lipinski definition) is 2. The van der Waals surface area contributed by atoms with Gasteiger partial charge >= 0.3 is 6.09 Å². The zero-order chi connectivity index (χ0) is 19.5. The van der Waals surface area contributed by atoms with Crippen LogP contribution in [0.5, 0.6) is 0 Å². The number of aromatic nitrogens is 2. The van der Waals surface area contributed by atoms with Gasteiger partial charge in [0.15, 0.2) is 0 Å². The maximum atomic E-state index is 12.7. The third kappa shape index (κ3) is 5.04. The molecule has 2 amide bonds. The van der Waals surface area contributed by atoms with Gasteiger partial charge in [0.1, 0.15) is 11.6 Å². The molecular formula is C17H21BrN4O4. The van der Waals surface area contributed by atoms with Crippen LogP contribution < -0.4 is 16.2 Å². The molecule has 0 radical (unpaired) electrons. The molecule has 1 aromatic heterocycles. The maximum Gasteiger partial charge on any atom is 0.408 e. The SMILES string of the molecule is CNC(=O)C(Cn1cnc2ccc(Br)cc2c1=O)NC(=O)OC(C)(C)C. The lowest BCUT2D eigenvalue weighted by Crippen LogP contribution is -2.50. The first-order valence-corrected chi connectivity index (χ1v) is 8.76. The van der Waals surface area contributed by atoms with E-state index in [-0.39, 0.29) is 12.1 Å². The number of carbonyl (C=O) groups is 2. The molecule has 2 aromatic rings. The number of likely N-dealkylation sites (N-methyl/N-ethyl adjacent to an activating group) is 1. The molecule has 0 aliphatic carbocycles. The quantitative estimate of drug-likeness (QED) is 0.778. The number of fused-ring (bicyclic) bond motifs is 1. The number of alkyl carbamates (subject to hydrolysis) is 1. The molecule has 2 rings (SSSR count). The van der Waals surface area contributed by atoms with Crippen LogP contribution in [-0.4, -0.2) is 40.2 Å². The van der Waals surface area contributed by atoms with Gasteiger partial charge in [-0.25, -0.2) is 9.78 Å². The fourth-order valence-electron chi connectivity index (χ4n) is 2.28. The van der Waals surface area contributed by atoms with Gasteiger partial charge in [0, 0.05) is 11.5 Å². The number of hydrogen-bond acceptors (Lipinski definition) is 5. The van der Waals surface area contributed by atoms with Gasteiger partial charge in [0.05, 0.1) is 23.8 Å². The summed E-state index contributed by atoms with van der Waals surface area (Å²) in [5.74, 6) is -0.447. The number of carbonyl (C=O) groups excluding carboxylic acids is 2. The van der Waals surface area contributed by atoms with E-state index in [1.807, 2.05) is 0 Å². The van der Waals surface area contributed by atoms with Crippen LogP contribution in [0.3, 0.4) is 0 Å². The summed E-state index contributed by atoms with van der Waals surface area (Å²) in [6.45, 7) is 5.08. The molecule has 140 valence electrons. The van der Waals surface area contributed by atoms with Crippen LogP contribution >= 0.6 is 15.9 Å². The summed E-state index contributed by atoms with van der Waals surface area (Å²) >= 11 is 3.32. The Hall–Kier alpha value is -2.42. The summed E-state index contributed by atoms with van der Waals surface area (Å²) in [4.78, 5) is 41.0. The van der Waals surface area contributed by atoms with Gasteiger partial charge in [0.25, 0.3) is 5.56 Å². The lowest BCUT2D eigenvalue weighted by Gasteiger charge is -2.23. The van der Waals surface area contributed by atoms with Gasteiger partial charge in [-0.3, -0.25) is 14.2 Å². The highest BCUT2D eigenvalue weighted by atomic mass is 79.9. The van der Waals surface area contributed by atoms with Crippen molar-refractivity contribution in [3.05, 3.63) is 39.4 Å². The minimum atomic E-state index is -0.987. The standard InChI is InChI=1S/C17H21BrN4O4/c1-17(2,3)26-16(25)21-13(14(23)19-4)8-22-9-20-12-6-5-10(18)7-11(12)15(22)24/h5-7,9,13H,8H2,1-4H3,(H,19,23)(H,21,25). The molecule has 0 fully saturated rings. The predicted octanol–water partition coefficient (Wildman–Crippen LogP) is 1.80. The normalized spacial score (nSPS) is 12.5. The number of rotatable bonds is 4. The fourth-order valence-corrected chi connectivity index (χ4v) is 2.64. The topological polar surface area (TPSA) is 102 Å². The average molecular weight is 425 g/mol. The van der Waals surface area contributed by atoms with Crippen LogP contribution in [0, 0.1) is 0 Å². The van der Waals surface area contributed by atoms with Crippen molar-refractivity contribution in [2.75, 3.05) is 7.05 Å². The third-order valence-electron chi connectivity index (χ3n) is 3.42. The minimum Gasteiger partial charge on any atom is -0.444 e. The van der Waals surface area contributed by atoms with E-state index in [1.165, 1.54) is 17.9 Å². The first-order valence-electron chi connectivity index (χ1n) is 7.96. The zero-order valence-corrected chi connectivity index (χ0v) is 16.6. The first kappa shape index (κ1) is 19.9. The molecule has 0 aliphatic rings. The Balaban J connectivity index is 2.30. The molecule has 2 N–H and O–H groups in total. The Bertz CT molecular complexity index is 888. The summed E-state index contributed by atoms with van der Waals surface area (Å²) in [5.41, 5.74) is -0.465. The Kier molecular flexibility index (Phi) is 6.01. The second kappa shape index (κ2) is 7.86. The van der Waals surface area contributed by atoms with Crippen molar-refractivity contribution in [1.82, 2.24) is 20.2 Å². The molecule has 0 saturated heterocycles. The fraction of sp³-hybridized carbons (Fsp3) is 0.412. The third-order valence-corrected chi connectivity index (χ3v) is 3.91. The Morgan fingerprint density at radius 3 is 2.65 bits per heavy atom. The van der Waals surface area contributed by atoms with E-state index < -0.39 is 23.6 Å². The van der Waals surface area contributed by atoms with Crippen LogP contribution in [0.1, 0.15) is 20.8 Å². The summed E-state index contributed by atoms with van der Waals surface area (Å²) < 4.78 is 7.21. The highest BCUT2D eigenvalue weighted by molar-refractivity contribution is 9.10. The van der Waals surface area contributed by atoms with Crippen molar-refractivity contribution >= 4 is 38.8 Å². The van der Waals surface area contributed by atoms with E-state index in [9.17, 15) is 14.4 Å². The molecule has 8 nitrogen and oxygen atoms in total. The zero-order valence-electron chi connectivity index (χ0n) is 15.0. The molecule has 1 heterocycles. The van der Waals surface area contributed by atoms with Crippen molar-refractivity contribution in [2.24, 2.45) is 0 Å². The van der Waals surface area contributed by atoms with Crippen LogP contribution in [0.2, 0.25) is 0 Å². The number of ether oxygens (including phenoxy) is 1. The Morgan fingerprint density at radius 1 is 1.35 bits per heavy atom. The lowest BCUT2D eigenvalue weighted by atomic mass is 10.2. The van der Waals surface area contributed by atoms with Crippen LogP contribution in [0.4, 0.5) is 4.79 Å². The van der Waals surface area contributed by atoms with E-state index in [0.29, 0.717) is 10.9 Å². The summed E-state index contributed by atoms with van der Waals surface area (Å²) in [6, 6.07) is 4.19. The van der Waals surface area contributed by atoms with Crippen molar-refractivity contribution < 1.29 is 14.3 Å². The number of nitrogens with zero attached hydrogens (tertiary/aromatic N) is 2. The van der Waals surface area contributed by atoms with Gasteiger partial charge in [-0.2, -0.15) is 0 Å². The monoisotopic (exact) mass is 424 g/mol. The highest BCUT2D eigenvalue weighted by Gasteiger charge is 2.24. The molecule has 0 aliphatic heterocycles. The number of benzene rings is 1. The van der Waals surface area contributed by atoms with Crippen LogP contribution in [0.15, 0.2) is 33.8 Å². The molecule has 1 aromatic carbocycles. The van der Waals surface area contributed by atoms with Crippen molar-refractivity contribution in [3.8, 4) is 0 Å². The molecule has 0 spiro atoms. The molecule has 0 saturated carbocycles. The van der Waals surface area contributed by atoms with E-state index >= 15 is 0 Å². The van der Waals surface area contributed by atoms with Crippen molar-refractivity contribution in [3.63, 3.8) is 0 Å². The molecule has 9 heteroatoms. The van der Waals surface area contributed by atoms with Gasteiger partial charge in [-0.1, -0.05) is 15.9 Å². The van der Waals surface area contributed by atoms with Crippen LogP contribution in [0.25, 0.3) is 10.9 Å². The molecule has 1 unspecified atom stereocenters. The second-order valence-corrected chi connectivity index (χ2v) is 7.59. The summed E-state index contributed by atoms with van der Waals surface area (Å²) in [6.07, 6.45) is 0.612. The van der Waals surface area contributed by atoms with Crippen molar-refractivity contribution in [2.45, 2.75) is 39.0 Å². The number of nitrogens with one attached hydrogen (secondary N) is 2. The van der Waals surface area contributed by atoms with Gasteiger partial charge < -0.3 is 15.4 Å². The first-order chi connectivity index (χ1) is 12.1. The maximum absolute atomic E-state index is 12.7. The Morgan fingerprint density at radius 2 is 2.04 bits per heavy atom. The van der Waals surface area contributed by atoms with Gasteiger partial charge in [-0.15, -0.1) is 0 Å². The smallest absolute Gasteiger partial charge is 0.408 e. The summed E-state index contributed by atoms with van der Waals surface area (Å²) in [7, 11) is 1.45. The number of amides is 2. The largest absolute Gasteiger partial charge is 0.444 e. The summed E-state index contributed by atoms with van der Waals surface area (Å²) in [5, 5.41) is 5.37. The van der Waals surface area contributed by atoms with Crippen molar-refractivity contribution in [1.29, 1.82) is 0 Å². The molecular weight excluding hydrogens is 404 g/mol. The van der Waals surface area contributed by atoms with E-state index in [2.05, 4.69) is 31.5 Å². The lowest BCUT2D eigenvalue weighted by molar-refractivity contribution is -0.123. The van der Waals surface area contributed by atoms with Gasteiger partial charge in [0.2, 0.25) is 5.91 Å². The second-order valence-electron chi connectivity index (χ2n) is 6.68. The molecule has 0 bridgehead atoms. The minimum absolute atomic E-state index is 0.0762. The molecule has 26 heavy (non-hydrogen) atoms. The predicted molar refractivity (Wildman–Crippen MR) is 101 cm³/mol. The van der Waals surface area contributed by atoms with E-state index in [1.54, 1.807) is 39.0 Å². The number of halogens is 1. The molecule has 1 atom stereocenters. The van der Waals surface area contributed by atoms with E-state index in [0.717, 1.165) is 4.47 Å². The average Bonchev–Trinajstić information content (AvgIpc) is 2.54.